The number of nitrogens with one attached hydrogen (secondary N) is 2. The maximum absolute atomic E-state index is 12.8. The van der Waals surface area contributed by atoms with Crippen molar-refractivity contribution in [3.05, 3.63) is 87.1 Å². The first-order chi connectivity index (χ1) is 14.0. The summed E-state index contributed by atoms with van der Waals surface area (Å²) >= 11 is 1.67. The summed E-state index contributed by atoms with van der Waals surface area (Å²) in [4.78, 5) is 40.5. The summed E-state index contributed by atoms with van der Waals surface area (Å²) in [6.45, 7) is 2.64. The van der Waals surface area contributed by atoms with Crippen molar-refractivity contribution in [2.45, 2.75) is 19.5 Å². The first-order valence-electron chi connectivity index (χ1n) is 9.43. The number of carbonyl (C=O) groups excluding carboxylic acids is 3. The van der Waals surface area contributed by atoms with Gasteiger partial charge >= 0.3 is 0 Å². The molecule has 0 fully saturated rings. The molecule has 2 atom stereocenters. The summed E-state index contributed by atoms with van der Waals surface area (Å²) in [7, 11) is 1.98. The van der Waals surface area contributed by atoms with E-state index in [0.717, 1.165) is 11.4 Å². The lowest BCUT2D eigenvalue weighted by atomic mass is 9.84. The molecule has 2 aromatic carbocycles. The molecule has 1 aliphatic carbocycles. The fraction of sp³-hybridized carbons (Fsp3) is 0.174. The molecular weight excluding hydrogens is 384 g/mol. The molecule has 0 saturated heterocycles. The van der Waals surface area contributed by atoms with Crippen LogP contribution in [0.25, 0.3) is 0 Å². The van der Waals surface area contributed by atoms with Crippen LogP contribution in [-0.2, 0) is 11.3 Å². The van der Waals surface area contributed by atoms with Gasteiger partial charge in [-0.05, 0) is 36.6 Å². The van der Waals surface area contributed by atoms with Crippen molar-refractivity contribution in [1.82, 2.24) is 0 Å². The molecule has 3 aromatic rings. The van der Waals surface area contributed by atoms with Crippen molar-refractivity contribution in [3.63, 3.8) is 0 Å². The highest BCUT2D eigenvalue weighted by molar-refractivity contribution is 7.09. The number of hydrogen-bond donors (Lipinski definition) is 2. The molecule has 1 aromatic heterocycles. The smallest absolute Gasteiger partial charge is 0.282 e. The number of fused-ring (bicyclic) bond motifs is 2. The number of quaternary nitrogens is 1. The molecule has 1 unspecified atom stereocenters. The lowest BCUT2D eigenvalue weighted by Gasteiger charge is -2.21. The molecule has 0 radical (unpaired) electrons. The van der Waals surface area contributed by atoms with Gasteiger partial charge in [0.25, 0.3) is 5.91 Å². The van der Waals surface area contributed by atoms with E-state index in [4.69, 9.17) is 0 Å². The summed E-state index contributed by atoms with van der Waals surface area (Å²) in [6.07, 6.45) is 0. The fourth-order valence-electron chi connectivity index (χ4n) is 3.49. The third-order valence-corrected chi connectivity index (χ3v) is 6.23. The number of anilines is 1. The Bertz CT molecular complexity index is 1110. The lowest BCUT2D eigenvalue weighted by Crippen LogP contribution is -3.12. The zero-order valence-corrected chi connectivity index (χ0v) is 17.0. The molecule has 0 aliphatic heterocycles. The summed E-state index contributed by atoms with van der Waals surface area (Å²) in [5, 5.41) is 4.92. The molecule has 1 heterocycles. The van der Waals surface area contributed by atoms with E-state index in [-0.39, 0.29) is 23.5 Å². The van der Waals surface area contributed by atoms with Crippen LogP contribution >= 0.6 is 11.3 Å². The van der Waals surface area contributed by atoms with Gasteiger partial charge in [-0.2, -0.15) is 0 Å². The van der Waals surface area contributed by atoms with E-state index in [2.05, 4.69) is 11.4 Å². The van der Waals surface area contributed by atoms with Crippen molar-refractivity contribution in [3.8, 4) is 0 Å². The third kappa shape index (κ3) is 3.64. The number of carbonyl (C=O) groups is 3. The monoisotopic (exact) mass is 405 g/mol. The molecule has 0 saturated carbocycles. The van der Waals surface area contributed by atoms with Gasteiger partial charge in [0, 0.05) is 27.9 Å². The van der Waals surface area contributed by atoms with Crippen molar-refractivity contribution in [2.75, 3.05) is 12.4 Å². The topological polar surface area (TPSA) is 67.7 Å². The van der Waals surface area contributed by atoms with E-state index < -0.39 is 0 Å². The van der Waals surface area contributed by atoms with Crippen LogP contribution in [0.3, 0.4) is 0 Å². The molecule has 2 N–H and O–H groups in total. The van der Waals surface area contributed by atoms with E-state index >= 15 is 0 Å². The van der Waals surface area contributed by atoms with E-state index in [1.54, 1.807) is 53.8 Å². The molecule has 0 spiro atoms. The number of hydrogen-bond acceptors (Lipinski definition) is 4. The second-order valence-electron chi connectivity index (χ2n) is 7.28. The highest BCUT2D eigenvalue weighted by atomic mass is 32.1. The van der Waals surface area contributed by atoms with Crippen LogP contribution in [0.4, 0.5) is 5.69 Å². The Morgan fingerprint density at radius 3 is 2.28 bits per heavy atom. The summed E-state index contributed by atoms with van der Waals surface area (Å²) in [6, 6.07) is 15.5. The van der Waals surface area contributed by atoms with Crippen molar-refractivity contribution in [1.29, 1.82) is 0 Å². The van der Waals surface area contributed by atoms with Crippen molar-refractivity contribution >= 4 is 34.5 Å². The molecule has 5 nitrogen and oxygen atoms in total. The number of rotatable bonds is 5. The average Bonchev–Trinajstić information content (AvgIpc) is 3.24. The van der Waals surface area contributed by atoms with E-state index in [9.17, 15) is 14.4 Å². The zero-order chi connectivity index (χ0) is 20.5. The lowest BCUT2D eigenvalue weighted by molar-refractivity contribution is -0.907. The van der Waals surface area contributed by atoms with Gasteiger partial charge in [-0.1, -0.05) is 30.3 Å². The minimum atomic E-state index is -0.272. The van der Waals surface area contributed by atoms with Gasteiger partial charge in [-0.15, -0.1) is 11.3 Å². The Morgan fingerprint density at radius 2 is 1.62 bits per heavy atom. The van der Waals surface area contributed by atoms with Gasteiger partial charge in [0.05, 0.1) is 11.9 Å². The molecule has 0 bridgehead atoms. The van der Waals surface area contributed by atoms with Crippen molar-refractivity contribution in [2.24, 2.45) is 0 Å². The number of benzene rings is 2. The Labute approximate surface area is 173 Å². The fourth-order valence-corrected chi connectivity index (χ4v) is 4.29. The summed E-state index contributed by atoms with van der Waals surface area (Å²) < 4.78 is 0. The van der Waals surface area contributed by atoms with Gasteiger partial charge in [-0.3, -0.25) is 14.4 Å². The number of likely N-dealkylation sites (N-methyl/N-ethyl adjacent to an activating group) is 1. The van der Waals surface area contributed by atoms with Crippen LogP contribution in [0.2, 0.25) is 0 Å². The van der Waals surface area contributed by atoms with Crippen LogP contribution in [0.1, 0.15) is 43.6 Å². The van der Waals surface area contributed by atoms with E-state index in [0.29, 0.717) is 27.9 Å². The minimum Gasteiger partial charge on any atom is -0.323 e. The van der Waals surface area contributed by atoms with Crippen LogP contribution < -0.4 is 10.2 Å². The second-order valence-corrected chi connectivity index (χ2v) is 8.31. The largest absolute Gasteiger partial charge is 0.323 e. The van der Waals surface area contributed by atoms with Gasteiger partial charge < -0.3 is 10.2 Å². The molecule has 29 heavy (non-hydrogen) atoms. The molecule has 1 aliphatic rings. The Hall–Kier alpha value is -3.09. The van der Waals surface area contributed by atoms with Crippen LogP contribution in [0.5, 0.6) is 0 Å². The van der Waals surface area contributed by atoms with E-state index in [1.165, 1.54) is 4.88 Å². The normalized spacial score (nSPS) is 14.7. The first kappa shape index (κ1) is 19.2. The average molecular weight is 405 g/mol. The van der Waals surface area contributed by atoms with Gasteiger partial charge in [0.2, 0.25) is 0 Å². The maximum Gasteiger partial charge on any atom is 0.282 e. The third-order valence-electron chi connectivity index (χ3n) is 5.36. The minimum absolute atomic E-state index is 0.131. The van der Waals surface area contributed by atoms with Crippen molar-refractivity contribution < 1.29 is 19.3 Å². The second kappa shape index (κ2) is 7.73. The number of thiophene rings is 1. The number of amides is 1. The quantitative estimate of drug-likeness (QED) is 0.536. The Balaban J connectivity index is 1.52. The molecule has 6 heteroatoms. The maximum atomic E-state index is 12.8. The summed E-state index contributed by atoms with van der Waals surface area (Å²) in [5.41, 5.74) is 2.06. The highest BCUT2D eigenvalue weighted by Gasteiger charge is 2.30. The predicted octanol–water partition coefficient (Wildman–Crippen LogP) is 2.57. The summed E-state index contributed by atoms with van der Waals surface area (Å²) in [5.74, 6) is -0.490. The highest BCUT2D eigenvalue weighted by Crippen LogP contribution is 2.29. The molecule has 1 amide bonds. The standard InChI is InChI=1S/C23H20N2O3S/c1-14(25(2)13-16-6-5-11-29-16)23(28)24-15-9-10-19-20(12-15)22(27)18-8-4-3-7-17(18)21(19)26/h3-12,14H,13H2,1-2H3,(H,24,28)/p+1/t14-/m0/s1. The zero-order valence-electron chi connectivity index (χ0n) is 16.2. The molecule has 146 valence electrons. The number of ketones is 2. The van der Waals surface area contributed by atoms with E-state index in [1.807, 2.05) is 25.4 Å². The SMILES string of the molecule is C[C@@H](C(=O)Nc1ccc2c(c1)C(=O)c1ccccc1C2=O)[NH+](C)Cc1cccs1. The Morgan fingerprint density at radius 1 is 0.966 bits per heavy atom. The van der Waals surface area contributed by atoms with Gasteiger partial charge in [0.15, 0.2) is 17.6 Å². The van der Waals surface area contributed by atoms with Crippen LogP contribution in [0.15, 0.2) is 60.0 Å². The van der Waals surface area contributed by atoms with Gasteiger partial charge in [-0.25, -0.2) is 0 Å². The van der Waals surface area contributed by atoms with Crippen LogP contribution in [-0.4, -0.2) is 30.6 Å². The first-order valence-corrected chi connectivity index (χ1v) is 10.3. The van der Waals surface area contributed by atoms with Crippen LogP contribution in [0, 0.1) is 0 Å². The van der Waals surface area contributed by atoms with Gasteiger partial charge in [0.1, 0.15) is 6.54 Å². The predicted molar refractivity (Wildman–Crippen MR) is 113 cm³/mol. The Kier molecular flexibility index (Phi) is 5.13. The molecule has 4 rings (SSSR count). The molecular formula is C23H21N2O3S+.